The van der Waals surface area contributed by atoms with Crippen molar-refractivity contribution < 1.29 is 4.74 Å². The fourth-order valence-corrected chi connectivity index (χ4v) is 2.82. The fraction of sp³-hybridized carbons (Fsp3) is 0.294. The maximum Gasteiger partial charge on any atom is 0.0952 e. The van der Waals surface area contributed by atoms with Gasteiger partial charge in [-0.25, -0.2) is 0 Å². The van der Waals surface area contributed by atoms with Gasteiger partial charge >= 0.3 is 0 Å². The van der Waals surface area contributed by atoms with Gasteiger partial charge in [-0.15, -0.1) is 0 Å². The Morgan fingerprint density at radius 2 is 1.95 bits per heavy atom. The van der Waals surface area contributed by atoms with Gasteiger partial charge in [-0.1, -0.05) is 48.5 Å². The average Bonchev–Trinajstić information content (AvgIpc) is 2.48. The van der Waals surface area contributed by atoms with Crippen LogP contribution in [0.1, 0.15) is 17.2 Å². The molecule has 0 saturated carbocycles. The summed E-state index contributed by atoms with van der Waals surface area (Å²) >= 11 is 0. The Balaban J connectivity index is 2.06. The molecule has 1 aliphatic rings. The maximum absolute atomic E-state index is 5.87. The van der Waals surface area contributed by atoms with Crippen LogP contribution >= 0.6 is 0 Å². The second-order valence-corrected chi connectivity index (χ2v) is 4.91. The lowest BCUT2D eigenvalue weighted by Gasteiger charge is -2.28. The summed E-state index contributed by atoms with van der Waals surface area (Å²) in [5.74, 6) is 0. The Labute approximate surface area is 114 Å². The van der Waals surface area contributed by atoms with E-state index in [2.05, 4.69) is 53.8 Å². The van der Waals surface area contributed by atoms with Crippen molar-refractivity contribution in [3.63, 3.8) is 0 Å². The van der Waals surface area contributed by atoms with Gasteiger partial charge in [0.25, 0.3) is 0 Å². The minimum Gasteiger partial charge on any atom is -0.372 e. The third-order valence-corrected chi connectivity index (χ3v) is 3.70. The van der Waals surface area contributed by atoms with E-state index >= 15 is 0 Å². The molecule has 1 unspecified atom stereocenters. The molecular weight excluding hydrogens is 234 g/mol. The van der Waals surface area contributed by atoms with Gasteiger partial charge in [0.15, 0.2) is 0 Å². The SMILES string of the molecule is CNCC1OCCc2c(-c3ccccc3)cccc21. The zero-order valence-corrected chi connectivity index (χ0v) is 11.2. The number of hydrogen-bond acceptors (Lipinski definition) is 2. The van der Waals surface area contributed by atoms with Crippen LogP contribution in [0.15, 0.2) is 48.5 Å². The lowest BCUT2D eigenvalue weighted by molar-refractivity contribution is 0.0440. The fourth-order valence-electron chi connectivity index (χ4n) is 2.82. The number of likely N-dealkylation sites (N-methyl/N-ethyl adjacent to an activating group) is 1. The lowest BCUT2D eigenvalue weighted by Crippen LogP contribution is -2.25. The molecule has 3 rings (SSSR count). The van der Waals surface area contributed by atoms with Gasteiger partial charge < -0.3 is 10.1 Å². The van der Waals surface area contributed by atoms with Gasteiger partial charge in [0, 0.05) is 6.54 Å². The molecule has 2 aromatic rings. The summed E-state index contributed by atoms with van der Waals surface area (Å²) in [5.41, 5.74) is 5.43. The van der Waals surface area contributed by atoms with Crippen molar-refractivity contribution in [3.8, 4) is 11.1 Å². The molecule has 1 heterocycles. The topological polar surface area (TPSA) is 21.3 Å². The molecule has 1 N–H and O–H groups in total. The average molecular weight is 253 g/mol. The van der Waals surface area contributed by atoms with Crippen molar-refractivity contribution in [2.45, 2.75) is 12.5 Å². The van der Waals surface area contributed by atoms with E-state index in [1.54, 1.807) is 0 Å². The molecule has 0 aromatic heterocycles. The Hall–Kier alpha value is -1.64. The molecular formula is C17H19NO. The second-order valence-electron chi connectivity index (χ2n) is 4.91. The predicted molar refractivity (Wildman–Crippen MR) is 78.2 cm³/mol. The van der Waals surface area contributed by atoms with Gasteiger partial charge in [-0.2, -0.15) is 0 Å². The van der Waals surface area contributed by atoms with Crippen molar-refractivity contribution in [1.82, 2.24) is 5.32 Å². The van der Waals surface area contributed by atoms with Crippen LogP contribution in [0.4, 0.5) is 0 Å². The highest BCUT2D eigenvalue weighted by Gasteiger charge is 2.22. The van der Waals surface area contributed by atoms with Crippen LogP contribution in [0.2, 0.25) is 0 Å². The summed E-state index contributed by atoms with van der Waals surface area (Å²) in [5, 5.41) is 3.21. The van der Waals surface area contributed by atoms with Crippen LogP contribution in [-0.4, -0.2) is 20.2 Å². The third-order valence-electron chi connectivity index (χ3n) is 3.70. The van der Waals surface area contributed by atoms with Crippen LogP contribution in [0.25, 0.3) is 11.1 Å². The van der Waals surface area contributed by atoms with E-state index in [0.29, 0.717) is 0 Å². The predicted octanol–water partition coefficient (Wildman–Crippen LogP) is 3.19. The van der Waals surface area contributed by atoms with Crippen LogP contribution in [0, 0.1) is 0 Å². The van der Waals surface area contributed by atoms with Crippen molar-refractivity contribution in [2.24, 2.45) is 0 Å². The highest BCUT2D eigenvalue weighted by Crippen LogP contribution is 2.34. The minimum absolute atomic E-state index is 0.178. The molecule has 2 aromatic carbocycles. The molecule has 2 heteroatoms. The number of ether oxygens (including phenoxy) is 1. The monoisotopic (exact) mass is 253 g/mol. The van der Waals surface area contributed by atoms with E-state index in [1.165, 1.54) is 22.3 Å². The van der Waals surface area contributed by atoms with Crippen molar-refractivity contribution in [1.29, 1.82) is 0 Å². The highest BCUT2D eigenvalue weighted by molar-refractivity contribution is 5.69. The molecule has 98 valence electrons. The van der Waals surface area contributed by atoms with E-state index < -0.39 is 0 Å². The second kappa shape index (κ2) is 5.55. The van der Waals surface area contributed by atoms with Gasteiger partial charge in [0.1, 0.15) is 0 Å². The standard InChI is InChI=1S/C17H19NO/c1-18-12-17-16-9-5-8-14(15(16)10-11-19-17)13-6-3-2-4-7-13/h2-9,17-18H,10-12H2,1H3. The molecule has 0 saturated heterocycles. The van der Waals surface area contributed by atoms with E-state index in [9.17, 15) is 0 Å². The summed E-state index contributed by atoms with van der Waals surface area (Å²) in [6.45, 7) is 1.68. The summed E-state index contributed by atoms with van der Waals surface area (Å²) in [6, 6.07) is 17.2. The first kappa shape index (κ1) is 12.4. The first-order valence-corrected chi connectivity index (χ1v) is 6.83. The van der Waals surface area contributed by atoms with E-state index in [-0.39, 0.29) is 6.10 Å². The zero-order chi connectivity index (χ0) is 13.1. The molecule has 0 radical (unpaired) electrons. The lowest BCUT2D eigenvalue weighted by atomic mass is 9.89. The Kier molecular flexibility index (Phi) is 3.62. The van der Waals surface area contributed by atoms with Gasteiger partial charge in [0.05, 0.1) is 12.7 Å². The van der Waals surface area contributed by atoms with Crippen molar-refractivity contribution >= 4 is 0 Å². The molecule has 19 heavy (non-hydrogen) atoms. The van der Waals surface area contributed by atoms with Gasteiger partial charge in [0.2, 0.25) is 0 Å². The zero-order valence-electron chi connectivity index (χ0n) is 11.2. The van der Waals surface area contributed by atoms with Crippen molar-refractivity contribution in [2.75, 3.05) is 20.2 Å². The smallest absolute Gasteiger partial charge is 0.0952 e. The van der Waals surface area contributed by atoms with E-state index in [4.69, 9.17) is 4.74 Å². The minimum atomic E-state index is 0.178. The largest absolute Gasteiger partial charge is 0.372 e. The molecule has 1 atom stereocenters. The molecule has 0 amide bonds. The van der Waals surface area contributed by atoms with Gasteiger partial charge in [-0.05, 0) is 35.7 Å². The summed E-state index contributed by atoms with van der Waals surface area (Å²) in [6.07, 6.45) is 1.18. The quantitative estimate of drug-likeness (QED) is 0.907. The summed E-state index contributed by atoms with van der Waals surface area (Å²) in [7, 11) is 1.97. The number of rotatable bonds is 3. The normalized spacial score (nSPS) is 18.1. The number of nitrogens with one attached hydrogen (secondary N) is 1. The summed E-state index contributed by atoms with van der Waals surface area (Å²) < 4.78 is 5.87. The van der Waals surface area contributed by atoms with Crippen LogP contribution in [0.3, 0.4) is 0 Å². The first-order valence-electron chi connectivity index (χ1n) is 6.83. The van der Waals surface area contributed by atoms with E-state index in [1.807, 2.05) is 7.05 Å². The molecule has 0 aliphatic carbocycles. The maximum atomic E-state index is 5.87. The Morgan fingerprint density at radius 3 is 2.74 bits per heavy atom. The molecule has 0 bridgehead atoms. The molecule has 2 nitrogen and oxygen atoms in total. The third kappa shape index (κ3) is 2.42. The molecule has 0 fully saturated rings. The van der Waals surface area contributed by atoms with Crippen molar-refractivity contribution in [3.05, 3.63) is 59.7 Å². The Morgan fingerprint density at radius 1 is 1.11 bits per heavy atom. The highest BCUT2D eigenvalue weighted by atomic mass is 16.5. The number of benzene rings is 2. The number of hydrogen-bond donors (Lipinski definition) is 1. The van der Waals surface area contributed by atoms with Crippen LogP contribution in [-0.2, 0) is 11.2 Å². The first-order chi connectivity index (χ1) is 9.40. The summed E-state index contributed by atoms with van der Waals surface area (Å²) in [4.78, 5) is 0. The Bertz CT molecular complexity index is 550. The van der Waals surface area contributed by atoms with E-state index in [0.717, 1.165) is 19.6 Å². The molecule has 1 aliphatic heterocycles. The molecule has 0 spiro atoms. The number of fused-ring (bicyclic) bond motifs is 1. The van der Waals surface area contributed by atoms with Crippen LogP contribution in [0.5, 0.6) is 0 Å². The van der Waals surface area contributed by atoms with Gasteiger partial charge in [-0.3, -0.25) is 0 Å². The van der Waals surface area contributed by atoms with Crippen LogP contribution < -0.4 is 5.32 Å².